The molecule has 0 aromatic carbocycles. The number of hydrogen-bond acceptors (Lipinski definition) is 3. The van der Waals surface area contributed by atoms with Gasteiger partial charge in [-0.2, -0.15) is 0 Å². The van der Waals surface area contributed by atoms with E-state index in [-0.39, 0.29) is 11.7 Å². The Morgan fingerprint density at radius 1 is 1.09 bits per heavy atom. The number of nitrogens with zero attached hydrogens (tertiary/aromatic N) is 1. The largest absolute Gasteiger partial charge is 0.369 e. The van der Waals surface area contributed by atoms with Crippen molar-refractivity contribution in [3.05, 3.63) is 23.9 Å². The van der Waals surface area contributed by atoms with Crippen molar-refractivity contribution in [2.75, 3.05) is 11.9 Å². The number of aromatic nitrogens is 1. The Balaban J connectivity index is 2.29. The second kappa shape index (κ2) is 12.1. The number of anilines is 1. The molecule has 1 aromatic rings. The summed E-state index contributed by atoms with van der Waals surface area (Å²) in [5.41, 5.74) is 0.737. The third-order valence-corrected chi connectivity index (χ3v) is 4.46. The van der Waals surface area contributed by atoms with E-state index in [1.807, 2.05) is 26.0 Å². The van der Waals surface area contributed by atoms with Crippen LogP contribution in [0.3, 0.4) is 0 Å². The van der Waals surface area contributed by atoms with E-state index in [0.717, 1.165) is 30.8 Å². The highest BCUT2D eigenvalue weighted by molar-refractivity contribution is 6.01. The van der Waals surface area contributed by atoms with Crippen LogP contribution in [0.15, 0.2) is 18.3 Å². The predicted molar refractivity (Wildman–Crippen MR) is 99.1 cm³/mol. The van der Waals surface area contributed by atoms with Gasteiger partial charge in [-0.05, 0) is 25.0 Å². The van der Waals surface area contributed by atoms with Gasteiger partial charge in [-0.25, -0.2) is 4.98 Å². The van der Waals surface area contributed by atoms with Crippen LogP contribution in [0.4, 0.5) is 5.82 Å². The minimum atomic E-state index is 0.0582. The molecule has 1 N–H and O–H groups in total. The SMILES string of the molecule is CCCCCCCCCCNc1ncccc1C(=O)C(C)CC. The molecule has 1 atom stereocenters. The van der Waals surface area contributed by atoms with Gasteiger partial charge in [0.1, 0.15) is 5.82 Å². The number of hydrogen-bond donors (Lipinski definition) is 1. The number of carbonyl (C=O) groups excluding carboxylic acids is 1. The van der Waals surface area contributed by atoms with Gasteiger partial charge in [0.15, 0.2) is 5.78 Å². The lowest BCUT2D eigenvalue weighted by Gasteiger charge is -2.13. The Hall–Kier alpha value is -1.38. The fourth-order valence-corrected chi connectivity index (χ4v) is 2.66. The van der Waals surface area contributed by atoms with Crippen LogP contribution >= 0.6 is 0 Å². The molecule has 0 aliphatic rings. The molecule has 3 nitrogen and oxygen atoms in total. The summed E-state index contributed by atoms with van der Waals surface area (Å²) in [6.45, 7) is 7.18. The summed E-state index contributed by atoms with van der Waals surface area (Å²) < 4.78 is 0. The third kappa shape index (κ3) is 7.62. The molecule has 1 rings (SSSR count). The van der Waals surface area contributed by atoms with Crippen LogP contribution in [0.25, 0.3) is 0 Å². The highest BCUT2D eigenvalue weighted by Gasteiger charge is 2.17. The zero-order valence-electron chi connectivity index (χ0n) is 15.2. The maximum absolute atomic E-state index is 12.4. The van der Waals surface area contributed by atoms with Gasteiger partial charge in [-0.1, -0.05) is 65.7 Å². The third-order valence-electron chi connectivity index (χ3n) is 4.46. The van der Waals surface area contributed by atoms with Crippen molar-refractivity contribution >= 4 is 11.6 Å². The fourth-order valence-electron chi connectivity index (χ4n) is 2.66. The molecule has 1 heterocycles. The number of nitrogens with one attached hydrogen (secondary N) is 1. The van der Waals surface area contributed by atoms with Crippen molar-refractivity contribution in [2.24, 2.45) is 5.92 Å². The minimum absolute atomic E-state index is 0.0582. The van der Waals surface area contributed by atoms with Gasteiger partial charge >= 0.3 is 0 Å². The molecule has 1 aromatic heterocycles. The van der Waals surface area contributed by atoms with Gasteiger partial charge in [0.25, 0.3) is 0 Å². The number of carbonyl (C=O) groups is 1. The molecule has 23 heavy (non-hydrogen) atoms. The number of rotatable bonds is 13. The molecular formula is C20H34N2O. The van der Waals surface area contributed by atoms with Gasteiger partial charge in [-0.15, -0.1) is 0 Å². The van der Waals surface area contributed by atoms with Crippen LogP contribution in [-0.2, 0) is 0 Å². The minimum Gasteiger partial charge on any atom is -0.369 e. The molecule has 0 saturated carbocycles. The summed E-state index contributed by atoms with van der Waals surface area (Å²) in [7, 11) is 0. The number of pyridine rings is 1. The van der Waals surface area contributed by atoms with E-state index >= 15 is 0 Å². The lowest BCUT2D eigenvalue weighted by Crippen LogP contribution is -2.15. The molecule has 0 bridgehead atoms. The Bertz CT molecular complexity index is 445. The quantitative estimate of drug-likeness (QED) is 0.366. The van der Waals surface area contributed by atoms with Crippen molar-refractivity contribution in [3.63, 3.8) is 0 Å². The van der Waals surface area contributed by atoms with Crippen molar-refractivity contribution in [1.82, 2.24) is 4.98 Å². The molecular weight excluding hydrogens is 284 g/mol. The molecule has 0 aliphatic carbocycles. The summed E-state index contributed by atoms with van der Waals surface area (Å²) in [5.74, 6) is 1.00. The monoisotopic (exact) mass is 318 g/mol. The second-order valence-electron chi connectivity index (χ2n) is 6.47. The summed E-state index contributed by atoms with van der Waals surface area (Å²) >= 11 is 0. The van der Waals surface area contributed by atoms with Crippen molar-refractivity contribution in [3.8, 4) is 0 Å². The smallest absolute Gasteiger partial charge is 0.169 e. The van der Waals surface area contributed by atoms with Crippen molar-refractivity contribution in [1.29, 1.82) is 0 Å². The molecule has 1 unspecified atom stereocenters. The first-order valence-corrected chi connectivity index (χ1v) is 9.43. The van der Waals surface area contributed by atoms with Crippen LogP contribution in [0.1, 0.15) is 88.9 Å². The molecule has 130 valence electrons. The average Bonchev–Trinajstić information content (AvgIpc) is 2.59. The Kier molecular flexibility index (Phi) is 10.3. The number of ketones is 1. The first-order chi connectivity index (χ1) is 11.2. The molecule has 0 radical (unpaired) electrons. The fraction of sp³-hybridized carbons (Fsp3) is 0.700. The second-order valence-corrected chi connectivity index (χ2v) is 6.47. The van der Waals surface area contributed by atoms with Crippen LogP contribution in [0.5, 0.6) is 0 Å². The standard InChI is InChI=1S/C20H34N2O/c1-4-6-7-8-9-10-11-12-15-21-20-18(14-13-16-22-20)19(23)17(3)5-2/h13-14,16-17H,4-12,15H2,1-3H3,(H,21,22). The maximum Gasteiger partial charge on any atom is 0.169 e. The first kappa shape index (κ1) is 19.7. The van der Waals surface area contributed by atoms with Crippen LogP contribution < -0.4 is 5.32 Å². The van der Waals surface area contributed by atoms with Crippen molar-refractivity contribution in [2.45, 2.75) is 78.6 Å². The van der Waals surface area contributed by atoms with E-state index in [2.05, 4.69) is 17.2 Å². The van der Waals surface area contributed by atoms with Gasteiger partial charge in [0.2, 0.25) is 0 Å². The molecule has 0 spiro atoms. The van der Waals surface area contributed by atoms with E-state index in [4.69, 9.17) is 0 Å². The average molecular weight is 319 g/mol. The van der Waals surface area contributed by atoms with Gasteiger partial charge in [0, 0.05) is 18.7 Å². The van der Waals surface area contributed by atoms with E-state index in [9.17, 15) is 4.79 Å². The Morgan fingerprint density at radius 2 is 1.74 bits per heavy atom. The highest BCUT2D eigenvalue weighted by Crippen LogP contribution is 2.18. The van der Waals surface area contributed by atoms with Crippen LogP contribution in [0.2, 0.25) is 0 Å². The van der Waals surface area contributed by atoms with Crippen molar-refractivity contribution < 1.29 is 4.79 Å². The summed E-state index contributed by atoms with van der Waals surface area (Å²) in [5, 5.41) is 3.35. The topological polar surface area (TPSA) is 42.0 Å². The summed E-state index contributed by atoms with van der Waals surface area (Å²) in [6, 6.07) is 3.73. The number of unbranched alkanes of at least 4 members (excludes halogenated alkanes) is 7. The van der Waals surface area contributed by atoms with E-state index in [1.54, 1.807) is 6.20 Å². The normalized spacial score (nSPS) is 12.1. The molecule has 0 amide bonds. The first-order valence-electron chi connectivity index (χ1n) is 9.43. The summed E-state index contributed by atoms with van der Waals surface area (Å²) in [6.07, 6.45) is 13.1. The van der Waals surface area contributed by atoms with E-state index in [0.29, 0.717) is 0 Å². The number of Topliss-reactive ketones (excluding diaryl/α,β-unsaturated/α-hetero) is 1. The van der Waals surface area contributed by atoms with Gasteiger partial charge in [-0.3, -0.25) is 4.79 Å². The summed E-state index contributed by atoms with van der Waals surface area (Å²) in [4.78, 5) is 16.7. The highest BCUT2D eigenvalue weighted by atomic mass is 16.1. The molecule has 3 heteroatoms. The van der Waals surface area contributed by atoms with Gasteiger partial charge < -0.3 is 5.32 Å². The Labute approximate surface area is 142 Å². The Morgan fingerprint density at radius 3 is 2.39 bits per heavy atom. The molecule has 0 fully saturated rings. The van der Waals surface area contributed by atoms with E-state index < -0.39 is 0 Å². The molecule has 0 saturated heterocycles. The van der Waals surface area contributed by atoms with Gasteiger partial charge in [0.05, 0.1) is 5.56 Å². The zero-order chi connectivity index (χ0) is 16.9. The zero-order valence-corrected chi connectivity index (χ0v) is 15.2. The van der Waals surface area contributed by atoms with Crippen LogP contribution in [-0.4, -0.2) is 17.3 Å². The molecule has 0 aliphatic heterocycles. The maximum atomic E-state index is 12.4. The lowest BCUT2D eigenvalue weighted by atomic mass is 9.97. The van der Waals surface area contributed by atoms with E-state index in [1.165, 1.54) is 44.9 Å². The van der Waals surface area contributed by atoms with Crippen LogP contribution in [0, 0.1) is 5.92 Å². The lowest BCUT2D eigenvalue weighted by molar-refractivity contribution is 0.0928. The predicted octanol–water partition coefficient (Wildman–Crippen LogP) is 5.86.